The van der Waals surface area contributed by atoms with E-state index in [1.807, 2.05) is 47.1 Å². The van der Waals surface area contributed by atoms with E-state index in [2.05, 4.69) is 17.2 Å². The highest BCUT2D eigenvalue weighted by Gasteiger charge is 2.15. The highest BCUT2D eigenvalue weighted by Crippen LogP contribution is 2.29. The molecule has 0 unspecified atom stereocenters. The number of unbranched alkanes of at least 4 members (excludes halogenated alkanes) is 1. The molecule has 182 valence electrons. The maximum Gasteiger partial charge on any atom is 0.341 e. The number of aliphatic carboxylic acids is 1. The summed E-state index contributed by atoms with van der Waals surface area (Å²) in [4.78, 5) is 10.6. The highest BCUT2D eigenvalue weighted by atomic mass is 16.5. The molecule has 8 nitrogen and oxygen atoms in total. The molecule has 4 rings (SSSR count). The van der Waals surface area contributed by atoms with E-state index < -0.39 is 5.97 Å². The van der Waals surface area contributed by atoms with Crippen LogP contribution < -0.4 is 14.2 Å². The Balaban J connectivity index is 1.29. The van der Waals surface area contributed by atoms with Gasteiger partial charge in [-0.25, -0.2) is 9.48 Å². The fraction of sp³-hybridized carbons (Fsp3) is 0.296. The Labute approximate surface area is 204 Å². The fourth-order valence-corrected chi connectivity index (χ4v) is 3.77. The number of hydrogen-bond donors (Lipinski definition) is 1. The molecule has 1 N–H and O–H groups in total. The SMILES string of the molecule is CCCc1c(OCCCCOc2ccc(OCC(=O)O)cc2)ccc2c1nnn2-c1ccccc1. The van der Waals surface area contributed by atoms with E-state index in [1.54, 1.807) is 24.3 Å². The molecule has 0 aliphatic carbocycles. The van der Waals surface area contributed by atoms with E-state index in [0.29, 0.717) is 24.7 Å². The van der Waals surface area contributed by atoms with Crippen molar-refractivity contribution >= 4 is 17.0 Å². The number of rotatable bonds is 13. The second-order valence-corrected chi connectivity index (χ2v) is 8.05. The summed E-state index contributed by atoms with van der Waals surface area (Å²) in [6.45, 7) is 2.93. The van der Waals surface area contributed by atoms with E-state index in [-0.39, 0.29) is 6.61 Å². The van der Waals surface area contributed by atoms with Gasteiger partial charge in [0.25, 0.3) is 0 Å². The zero-order valence-corrected chi connectivity index (χ0v) is 19.7. The quantitative estimate of drug-likeness (QED) is 0.270. The summed E-state index contributed by atoms with van der Waals surface area (Å²) in [5, 5.41) is 17.5. The van der Waals surface area contributed by atoms with Crippen molar-refractivity contribution in [3.8, 4) is 22.9 Å². The first-order valence-corrected chi connectivity index (χ1v) is 11.8. The summed E-state index contributed by atoms with van der Waals surface area (Å²) in [7, 11) is 0. The maximum atomic E-state index is 10.6. The van der Waals surface area contributed by atoms with Gasteiger partial charge in [0.1, 0.15) is 22.8 Å². The van der Waals surface area contributed by atoms with Crippen LogP contribution in [0.2, 0.25) is 0 Å². The summed E-state index contributed by atoms with van der Waals surface area (Å²) in [6, 6.07) is 20.9. The Bertz CT molecular complexity index is 1240. The van der Waals surface area contributed by atoms with Crippen molar-refractivity contribution in [2.75, 3.05) is 19.8 Å². The summed E-state index contributed by atoms with van der Waals surface area (Å²) in [5.74, 6) is 1.06. The predicted octanol–water partition coefficient (Wildman–Crippen LogP) is 5.07. The number of benzene rings is 3. The lowest BCUT2D eigenvalue weighted by molar-refractivity contribution is -0.139. The average molecular weight is 476 g/mol. The molecule has 0 saturated heterocycles. The van der Waals surface area contributed by atoms with E-state index in [0.717, 1.165) is 53.7 Å². The van der Waals surface area contributed by atoms with Crippen LogP contribution in [-0.2, 0) is 11.2 Å². The number of aryl methyl sites for hydroxylation is 1. The normalized spacial score (nSPS) is 10.9. The van der Waals surface area contributed by atoms with Gasteiger partial charge in [0.2, 0.25) is 0 Å². The Hall–Kier alpha value is -4.07. The number of carboxylic acids is 1. The Kier molecular flexibility index (Phi) is 8.17. The van der Waals surface area contributed by atoms with E-state index in [1.165, 1.54) is 0 Å². The molecule has 0 spiro atoms. The Morgan fingerprint density at radius 1 is 0.886 bits per heavy atom. The number of nitrogens with zero attached hydrogens (tertiary/aromatic N) is 3. The van der Waals surface area contributed by atoms with E-state index >= 15 is 0 Å². The molecule has 0 amide bonds. The molecule has 0 aliphatic heterocycles. The van der Waals surface area contributed by atoms with Crippen LogP contribution in [-0.4, -0.2) is 45.9 Å². The second-order valence-electron chi connectivity index (χ2n) is 8.05. The summed E-state index contributed by atoms with van der Waals surface area (Å²) >= 11 is 0. The van der Waals surface area contributed by atoms with Crippen LogP contribution in [0.4, 0.5) is 0 Å². The Morgan fingerprint density at radius 2 is 1.57 bits per heavy atom. The number of hydrogen-bond acceptors (Lipinski definition) is 6. The van der Waals surface area contributed by atoms with Crippen LogP contribution in [0.15, 0.2) is 66.7 Å². The molecule has 0 bridgehead atoms. The third-order valence-electron chi connectivity index (χ3n) is 5.43. The maximum absolute atomic E-state index is 10.6. The van der Waals surface area contributed by atoms with Gasteiger partial charge in [-0.2, -0.15) is 0 Å². The average Bonchev–Trinajstić information content (AvgIpc) is 3.31. The lowest BCUT2D eigenvalue weighted by Crippen LogP contribution is -2.09. The Morgan fingerprint density at radius 3 is 2.26 bits per heavy atom. The van der Waals surface area contributed by atoms with Crippen LogP contribution in [0.3, 0.4) is 0 Å². The molecule has 0 atom stereocenters. The van der Waals surface area contributed by atoms with Gasteiger partial charge in [0.15, 0.2) is 6.61 Å². The van der Waals surface area contributed by atoms with Gasteiger partial charge in [-0.05, 0) is 67.8 Å². The molecule has 1 aromatic heterocycles. The standard InChI is InChI=1S/C27H29N3O5/c1-2-8-23-25(16-15-24-27(23)28-29-30(24)20-9-4-3-5-10-20)34-18-7-6-17-33-21-11-13-22(14-12-21)35-19-26(31)32/h3-5,9-16H,2,6-8,17-19H2,1H3,(H,31,32). The first-order chi connectivity index (χ1) is 17.2. The molecule has 35 heavy (non-hydrogen) atoms. The summed E-state index contributed by atoms with van der Waals surface area (Å²) < 4.78 is 18.9. The van der Waals surface area contributed by atoms with E-state index in [9.17, 15) is 4.79 Å². The zero-order chi connectivity index (χ0) is 24.5. The molecule has 0 fully saturated rings. The van der Waals surface area contributed by atoms with Crippen molar-refractivity contribution in [2.24, 2.45) is 0 Å². The first-order valence-electron chi connectivity index (χ1n) is 11.8. The number of ether oxygens (including phenoxy) is 3. The number of carbonyl (C=O) groups is 1. The minimum atomic E-state index is -1.01. The molecular formula is C27H29N3O5. The largest absolute Gasteiger partial charge is 0.494 e. The van der Waals surface area contributed by atoms with Gasteiger partial charge in [-0.1, -0.05) is 36.8 Å². The number of para-hydroxylation sites is 1. The van der Waals surface area contributed by atoms with Gasteiger partial charge in [-0.15, -0.1) is 5.10 Å². The lowest BCUT2D eigenvalue weighted by Gasteiger charge is -2.12. The third kappa shape index (κ3) is 6.29. The molecule has 0 aliphatic rings. The number of carboxylic acid groups (broad SMARTS) is 1. The number of fused-ring (bicyclic) bond motifs is 1. The molecule has 3 aromatic carbocycles. The fourth-order valence-electron chi connectivity index (χ4n) is 3.77. The van der Waals surface area contributed by atoms with Crippen molar-refractivity contribution in [3.05, 3.63) is 72.3 Å². The van der Waals surface area contributed by atoms with Crippen molar-refractivity contribution < 1.29 is 24.1 Å². The highest BCUT2D eigenvalue weighted by molar-refractivity contribution is 5.82. The molecule has 8 heteroatoms. The minimum absolute atomic E-state index is 0.363. The monoisotopic (exact) mass is 475 g/mol. The van der Waals surface area contributed by atoms with Crippen molar-refractivity contribution in [2.45, 2.75) is 32.6 Å². The number of aromatic nitrogens is 3. The smallest absolute Gasteiger partial charge is 0.341 e. The van der Waals surface area contributed by atoms with Gasteiger partial charge in [0, 0.05) is 5.56 Å². The van der Waals surface area contributed by atoms with Gasteiger partial charge >= 0.3 is 5.97 Å². The van der Waals surface area contributed by atoms with E-state index in [4.69, 9.17) is 19.3 Å². The van der Waals surface area contributed by atoms with Crippen LogP contribution in [0.25, 0.3) is 16.7 Å². The van der Waals surface area contributed by atoms with Crippen LogP contribution in [0.5, 0.6) is 17.2 Å². The van der Waals surface area contributed by atoms with Gasteiger partial charge in [0.05, 0.1) is 24.4 Å². The third-order valence-corrected chi connectivity index (χ3v) is 5.43. The van der Waals surface area contributed by atoms with Gasteiger partial charge in [-0.3, -0.25) is 0 Å². The van der Waals surface area contributed by atoms with Gasteiger partial charge < -0.3 is 19.3 Å². The molecule has 0 saturated carbocycles. The molecule has 1 heterocycles. The van der Waals surface area contributed by atoms with Crippen molar-refractivity contribution in [3.63, 3.8) is 0 Å². The van der Waals surface area contributed by atoms with Crippen molar-refractivity contribution in [1.29, 1.82) is 0 Å². The van der Waals surface area contributed by atoms with Crippen molar-refractivity contribution in [1.82, 2.24) is 15.0 Å². The second kappa shape index (κ2) is 11.9. The zero-order valence-electron chi connectivity index (χ0n) is 19.7. The molecule has 0 radical (unpaired) electrons. The predicted molar refractivity (Wildman–Crippen MR) is 133 cm³/mol. The summed E-state index contributed by atoms with van der Waals surface area (Å²) in [6.07, 6.45) is 3.55. The molecular weight excluding hydrogens is 446 g/mol. The van der Waals surface area contributed by atoms with Crippen LogP contribution in [0, 0.1) is 0 Å². The van der Waals surface area contributed by atoms with Crippen LogP contribution >= 0.6 is 0 Å². The topological polar surface area (TPSA) is 95.7 Å². The molecule has 4 aromatic rings. The van der Waals surface area contributed by atoms with Crippen LogP contribution in [0.1, 0.15) is 31.7 Å². The lowest BCUT2D eigenvalue weighted by atomic mass is 10.1. The summed E-state index contributed by atoms with van der Waals surface area (Å²) in [5.41, 5.74) is 3.93. The first kappa shape index (κ1) is 24.1. The minimum Gasteiger partial charge on any atom is -0.494 e.